The second-order valence-electron chi connectivity index (χ2n) is 6.16. The van der Waals surface area contributed by atoms with Crippen LogP contribution in [0.5, 0.6) is 5.75 Å². The third-order valence-electron chi connectivity index (χ3n) is 4.29. The maximum absolute atomic E-state index is 12.1. The van der Waals surface area contributed by atoms with E-state index in [1.165, 1.54) is 42.4 Å². The number of allylic oxidation sites excluding steroid dienone is 1. The van der Waals surface area contributed by atoms with Crippen molar-refractivity contribution in [3.63, 3.8) is 0 Å². The molecule has 1 amide bonds. The van der Waals surface area contributed by atoms with Crippen molar-refractivity contribution in [1.82, 2.24) is 5.32 Å². The summed E-state index contributed by atoms with van der Waals surface area (Å²) in [4.78, 5) is 12.1. The van der Waals surface area contributed by atoms with Crippen molar-refractivity contribution in [1.29, 1.82) is 0 Å². The fourth-order valence-electron chi connectivity index (χ4n) is 2.67. The van der Waals surface area contributed by atoms with E-state index in [1.807, 2.05) is 25.1 Å². The molecule has 0 bridgehead atoms. The first kappa shape index (κ1) is 16.6. The molecule has 0 aromatic heterocycles. The van der Waals surface area contributed by atoms with Gasteiger partial charge < -0.3 is 10.1 Å². The van der Waals surface area contributed by atoms with Crippen LogP contribution in [0.15, 0.2) is 29.8 Å². The summed E-state index contributed by atoms with van der Waals surface area (Å²) in [6, 6.07) is 5.91. The summed E-state index contributed by atoms with van der Waals surface area (Å²) in [5.41, 5.74) is 3.88. The molecule has 0 heterocycles. The SMILES string of the molecule is Cc1ccc(O[C@H](C)C(=O)NCCC2=CCCCC2)cc1C. The average molecular weight is 301 g/mol. The van der Waals surface area contributed by atoms with Gasteiger partial charge >= 0.3 is 0 Å². The Morgan fingerprint density at radius 2 is 2.09 bits per heavy atom. The number of rotatable bonds is 6. The normalized spacial score (nSPS) is 15.9. The lowest BCUT2D eigenvalue weighted by atomic mass is 9.97. The van der Waals surface area contributed by atoms with E-state index in [0.717, 1.165) is 12.2 Å². The largest absolute Gasteiger partial charge is 0.481 e. The molecule has 1 aliphatic carbocycles. The quantitative estimate of drug-likeness (QED) is 0.804. The van der Waals surface area contributed by atoms with Crippen molar-refractivity contribution >= 4 is 5.91 Å². The molecule has 0 saturated carbocycles. The van der Waals surface area contributed by atoms with Gasteiger partial charge in [-0.25, -0.2) is 0 Å². The van der Waals surface area contributed by atoms with Crippen molar-refractivity contribution in [2.24, 2.45) is 0 Å². The third-order valence-corrected chi connectivity index (χ3v) is 4.29. The first-order chi connectivity index (χ1) is 10.6. The number of nitrogens with one attached hydrogen (secondary N) is 1. The van der Waals surface area contributed by atoms with Crippen molar-refractivity contribution < 1.29 is 9.53 Å². The van der Waals surface area contributed by atoms with E-state index in [1.54, 1.807) is 6.92 Å². The van der Waals surface area contributed by atoms with Crippen molar-refractivity contribution in [2.45, 2.75) is 59.0 Å². The number of carbonyl (C=O) groups excluding carboxylic acids is 1. The van der Waals surface area contributed by atoms with Crippen LogP contribution in [-0.2, 0) is 4.79 Å². The Balaban J connectivity index is 1.76. The van der Waals surface area contributed by atoms with Gasteiger partial charge in [-0.1, -0.05) is 17.7 Å². The maximum atomic E-state index is 12.1. The average Bonchev–Trinajstić information content (AvgIpc) is 2.52. The summed E-state index contributed by atoms with van der Waals surface area (Å²) in [5, 5.41) is 2.97. The number of hydrogen-bond acceptors (Lipinski definition) is 2. The smallest absolute Gasteiger partial charge is 0.260 e. The van der Waals surface area contributed by atoms with Gasteiger partial charge in [0.2, 0.25) is 0 Å². The molecule has 1 N–H and O–H groups in total. The van der Waals surface area contributed by atoms with E-state index in [4.69, 9.17) is 4.74 Å². The maximum Gasteiger partial charge on any atom is 0.260 e. The summed E-state index contributed by atoms with van der Waals surface area (Å²) < 4.78 is 5.73. The monoisotopic (exact) mass is 301 g/mol. The molecule has 3 nitrogen and oxygen atoms in total. The van der Waals surface area contributed by atoms with E-state index < -0.39 is 6.10 Å². The number of hydrogen-bond donors (Lipinski definition) is 1. The van der Waals surface area contributed by atoms with Crippen molar-refractivity contribution in [3.8, 4) is 5.75 Å². The fraction of sp³-hybridized carbons (Fsp3) is 0.526. The molecular weight excluding hydrogens is 274 g/mol. The van der Waals surface area contributed by atoms with E-state index in [2.05, 4.69) is 18.3 Å². The molecule has 1 aromatic carbocycles. The topological polar surface area (TPSA) is 38.3 Å². The number of amides is 1. The van der Waals surface area contributed by atoms with Gasteiger partial charge in [-0.2, -0.15) is 0 Å². The first-order valence-corrected chi connectivity index (χ1v) is 8.26. The Hall–Kier alpha value is -1.77. The molecule has 0 radical (unpaired) electrons. The standard InChI is InChI=1S/C19H27NO2/c1-14-9-10-18(13-15(14)2)22-16(3)19(21)20-12-11-17-7-5-4-6-8-17/h7,9-10,13,16H,4-6,8,11-12H2,1-3H3,(H,20,21)/t16-/m1/s1. The first-order valence-electron chi connectivity index (χ1n) is 8.26. The highest BCUT2D eigenvalue weighted by molar-refractivity contribution is 5.80. The van der Waals surface area contributed by atoms with Gasteiger partial charge in [0, 0.05) is 6.54 Å². The molecule has 1 aromatic rings. The predicted octanol–water partition coefficient (Wildman–Crippen LogP) is 4.08. The zero-order valence-electron chi connectivity index (χ0n) is 13.9. The fourth-order valence-corrected chi connectivity index (χ4v) is 2.67. The van der Waals surface area contributed by atoms with Crippen LogP contribution in [0.4, 0.5) is 0 Å². The van der Waals surface area contributed by atoms with Gasteiger partial charge in [0.15, 0.2) is 6.10 Å². The Morgan fingerprint density at radius 1 is 1.27 bits per heavy atom. The number of benzene rings is 1. The molecule has 0 unspecified atom stereocenters. The lowest BCUT2D eigenvalue weighted by Crippen LogP contribution is -2.37. The minimum absolute atomic E-state index is 0.0466. The zero-order valence-corrected chi connectivity index (χ0v) is 13.9. The number of ether oxygens (including phenoxy) is 1. The van der Waals surface area contributed by atoms with Gasteiger partial charge in [-0.15, -0.1) is 0 Å². The molecule has 1 aliphatic rings. The Labute approximate surface area is 133 Å². The predicted molar refractivity (Wildman–Crippen MR) is 90.2 cm³/mol. The molecular formula is C19H27NO2. The third kappa shape index (κ3) is 4.90. The molecule has 120 valence electrons. The van der Waals surface area contributed by atoms with E-state index in [-0.39, 0.29) is 5.91 Å². The zero-order chi connectivity index (χ0) is 15.9. The minimum atomic E-state index is -0.470. The lowest BCUT2D eigenvalue weighted by Gasteiger charge is -2.17. The number of carbonyl (C=O) groups is 1. The van der Waals surface area contributed by atoms with Crippen LogP contribution >= 0.6 is 0 Å². The Kier molecular flexibility index (Phi) is 6.05. The van der Waals surface area contributed by atoms with Crippen LogP contribution in [0.3, 0.4) is 0 Å². The molecule has 0 saturated heterocycles. The van der Waals surface area contributed by atoms with E-state index in [9.17, 15) is 4.79 Å². The summed E-state index contributed by atoms with van der Waals surface area (Å²) in [7, 11) is 0. The number of aryl methyl sites for hydroxylation is 2. The second kappa shape index (κ2) is 8.02. The molecule has 3 heteroatoms. The molecule has 22 heavy (non-hydrogen) atoms. The molecule has 1 atom stereocenters. The van der Waals surface area contributed by atoms with Crippen LogP contribution in [0, 0.1) is 13.8 Å². The van der Waals surface area contributed by atoms with Gasteiger partial charge in [0.25, 0.3) is 5.91 Å². The molecule has 0 aliphatic heterocycles. The summed E-state index contributed by atoms with van der Waals surface area (Å²) in [5.74, 6) is 0.704. The van der Waals surface area contributed by atoms with Crippen LogP contribution in [0.1, 0.15) is 50.2 Å². The summed E-state index contributed by atoms with van der Waals surface area (Å²) >= 11 is 0. The summed E-state index contributed by atoms with van der Waals surface area (Å²) in [6.07, 6.45) is 7.78. The Morgan fingerprint density at radius 3 is 2.77 bits per heavy atom. The van der Waals surface area contributed by atoms with Crippen LogP contribution in [0.25, 0.3) is 0 Å². The van der Waals surface area contributed by atoms with Gasteiger partial charge in [0.1, 0.15) is 5.75 Å². The Bertz CT molecular complexity index is 548. The minimum Gasteiger partial charge on any atom is -0.481 e. The highest BCUT2D eigenvalue weighted by Crippen LogP contribution is 2.20. The molecule has 0 fully saturated rings. The van der Waals surface area contributed by atoms with Crippen LogP contribution in [-0.4, -0.2) is 18.6 Å². The molecule has 0 spiro atoms. The van der Waals surface area contributed by atoms with E-state index >= 15 is 0 Å². The summed E-state index contributed by atoms with van der Waals surface area (Å²) in [6.45, 7) is 6.61. The van der Waals surface area contributed by atoms with Crippen LogP contribution < -0.4 is 10.1 Å². The molecule has 2 rings (SSSR count). The van der Waals surface area contributed by atoms with Gasteiger partial charge in [-0.05, 0) is 76.1 Å². The highest BCUT2D eigenvalue weighted by Gasteiger charge is 2.14. The van der Waals surface area contributed by atoms with Crippen molar-refractivity contribution in [2.75, 3.05) is 6.54 Å². The highest BCUT2D eigenvalue weighted by atomic mass is 16.5. The van der Waals surface area contributed by atoms with Crippen molar-refractivity contribution in [3.05, 3.63) is 41.0 Å². The second-order valence-corrected chi connectivity index (χ2v) is 6.16. The van der Waals surface area contributed by atoms with Gasteiger partial charge in [0.05, 0.1) is 0 Å². The van der Waals surface area contributed by atoms with Gasteiger partial charge in [-0.3, -0.25) is 4.79 Å². The van der Waals surface area contributed by atoms with Crippen LogP contribution in [0.2, 0.25) is 0 Å². The van der Waals surface area contributed by atoms with E-state index in [0.29, 0.717) is 6.54 Å². The lowest BCUT2D eigenvalue weighted by molar-refractivity contribution is -0.127.